The highest BCUT2D eigenvalue weighted by molar-refractivity contribution is 5.72. The molecule has 43 heavy (non-hydrogen) atoms. The molecule has 5 atom stereocenters. The number of benzene rings is 2. The summed E-state index contributed by atoms with van der Waals surface area (Å²) in [4.78, 5) is 17.3. The van der Waals surface area contributed by atoms with Crippen LogP contribution in [0.2, 0.25) is 0 Å². The van der Waals surface area contributed by atoms with E-state index < -0.39 is 18.2 Å². The molecule has 0 aliphatic carbocycles. The highest BCUT2D eigenvalue weighted by Crippen LogP contribution is 2.57. The Morgan fingerprint density at radius 1 is 1.16 bits per heavy atom. The molecule has 1 fully saturated rings. The largest absolute Gasteiger partial charge is 0.514 e. The van der Waals surface area contributed by atoms with Crippen molar-refractivity contribution in [1.82, 2.24) is 9.80 Å². The molecule has 0 amide bonds. The Morgan fingerprint density at radius 3 is 2.63 bits per heavy atom. The Labute approximate surface area is 251 Å². The summed E-state index contributed by atoms with van der Waals surface area (Å²) in [6, 6.07) is 3.59. The van der Waals surface area contributed by atoms with Crippen molar-refractivity contribution in [3.05, 3.63) is 57.7 Å². The second-order valence-electron chi connectivity index (χ2n) is 11.6. The Kier molecular flexibility index (Phi) is 7.73. The van der Waals surface area contributed by atoms with Gasteiger partial charge in [-0.25, -0.2) is 4.79 Å². The number of piperazine rings is 1. The molecular formula is C32H38N4O7. The Morgan fingerprint density at radius 2 is 1.93 bits per heavy atom. The molecule has 0 spiro atoms. The van der Waals surface area contributed by atoms with E-state index in [0.717, 1.165) is 33.6 Å². The topological polar surface area (TPSA) is 129 Å². The summed E-state index contributed by atoms with van der Waals surface area (Å²) in [7, 11) is 3.69. The Balaban J connectivity index is 1.57. The van der Waals surface area contributed by atoms with Gasteiger partial charge in [0.05, 0.1) is 18.2 Å². The summed E-state index contributed by atoms with van der Waals surface area (Å²) in [5, 5.41) is 10.7. The average molecular weight is 591 g/mol. The van der Waals surface area contributed by atoms with Crippen LogP contribution in [-0.4, -0.2) is 75.0 Å². The van der Waals surface area contributed by atoms with Crippen molar-refractivity contribution >= 4 is 6.16 Å². The van der Waals surface area contributed by atoms with Gasteiger partial charge in [-0.3, -0.25) is 9.80 Å². The van der Waals surface area contributed by atoms with E-state index in [1.165, 1.54) is 11.6 Å². The Hall–Kier alpha value is -3.82. The van der Waals surface area contributed by atoms with E-state index in [4.69, 9.17) is 34.2 Å². The molecule has 228 valence electrons. The van der Waals surface area contributed by atoms with Crippen LogP contribution >= 0.6 is 0 Å². The maximum Gasteiger partial charge on any atom is 0.514 e. The highest BCUT2D eigenvalue weighted by atomic mass is 16.7. The van der Waals surface area contributed by atoms with Gasteiger partial charge in [-0.05, 0) is 57.4 Å². The van der Waals surface area contributed by atoms with Crippen LogP contribution < -0.4 is 24.7 Å². The Bertz CT molecular complexity index is 1520. The number of hydrogen-bond acceptors (Lipinski definition) is 11. The number of nitrogens with zero attached hydrogens (tertiary/aromatic N) is 3. The maximum absolute atomic E-state index is 12.8. The van der Waals surface area contributed by atoms with Crippen LogP contribution in [0.3, 0.4) is 0 Å². The van der Waals surface area contributed by atoms with E-state index in [-0.39, 0.29) is 44.9 Å². The second-order valence-corrected chi connectivity index (χ2v) is 11.6. The minimum atomic E-state index is -0.837. The van der Waals surface area contributed by atoms with Gasteiger partial charge in [0, 0.05) is 48.0 Å². The summed E-state index contributed by atoms with van der Waals surface area (Å²) in [5.41, 5.74) is 13.2. The minimum absolute atomic E-state index is 0.0182. The molecule has 1 unspecified atom stereocenters. The number of fused-ring (bicyclic) bond motifs is 9. The number of aryl methyl sites for hydroxylation is 1. The van der Waals surface area contributed by atoms with Crippen LogP contribution in [0, 0.1) is 32.1 Å². The van der Waals surface area contributed by atoms with Gasteiger partial charge in [-0.1, -0.05) is 18.7 Å². The van der Waals surface area contributed by atoms with Gasteiger partial charge in [0.25, 0.3) is 0 Å². The van der Waals surface area contributed by atoms with Gasteiger partial charge in [0.1, 0.15) is 24.1 Å². The fraction of sp³-hybridized carbons (Fsp3) is 0.500. The average Bonchev–Trinajstić information content (AvgIpc) is 3.49. The molecule has 2 aromatic carbocycles. The molecule has 1 saturated heterocycles. The second kappa shape index (κ2) is 11.4. The van der Waals surface area contributed by atoms with Gasteiger partial charge in [-0.2, -0.15) is 5.26 Å². The summed E-state index contributed by atoms with van der Waals surface area (Å²) in [6.07, 6.45) is 1.79. The fourth-order valence-electron chi connectivity index (χ4n) is 7.59. The zero-order chi connectivity index (χ0) is 30.6. The van der Waals surface area contributed by atoms with E-state index in [0.29, 0.717) is 35.7 Å². The van der Waals surface area contributed by atoms with Crippen LogP contribution in [-0.2, 0) is 22.3 Å². The minimum Gasteiger partial charge on any atom is -0.467 e. The van der Waals surface area contributed by atoms with Crippen molar-refractivity contribution < 1.29 is 33.2 Å². The number of rotatable bonds is 7. The third-order valence-electron chi connectivity index (χ3n) is 9.46. The predicted molar refractivity (Wildman–Crippen MR) is 156 cm³/mol. The van der Waals surface area contributed by atoms with Crippen LogP contribution in [0.1, 0.15) is 51.0 Å². The van der Waals surface area contributed by atoms with Crippen molar-refractivity contribution in [3.63, 3.8) is 0 Å². The molecule has 2 aromatic rings. The number of ether oxygens (including phenoxy) is 6. The summed E-state index contributed by atoms with van der Waals surface area (Å²) in [5.74, 6) is 2.28. The molecule has 6 rings (SSSR count). The third-order valence-corrected chi connectivity index (χ3v) is 9.46. The van der Waals surface area contributed by atoms with Crippen LogP contribution in [0.4, 0.5) is 4.79 Å². The molecule has 4 aliphatic heterocycles. The number of carbonyl (C=O) groups is 1. The standard InChI is InChI=1S/C32H38N4O7/c1-7-8-39-32(37)43-28-18(4)30-31(42-15-41-30)26-20(28)11-22-27-25-19(9-16(2)17(3)29(25)40-14-38-6)10-21(35(27)5)23(12-33)36(22)24(26)13-34/h7,9,21-24,27H,1,8,10-11,13-15,34H2,2-6H3/t21-,22?,23+,24+,27+/m1/s1. The van der Waals surface area contributed by atoms with E-state index in [9.17, 15) is 10.1 Å². The lowest BCUT2D eigenvalue weighted by atomic mass is 9.71. The highest BCUT2D eigenvalue weighted by Gasteiger charge is 2.56. The first-order valence-corrected chi connectivity index (χ1v) is 14.5. The van der Waals surface area contributed by atoms with Crippen molar-refractivity contribution in [2.45, 2.75) is 63.8 Å². The summed E-state index contributed by atoms with van der Waals surface area (Å²) in [6.45, 7) is 9.99. The lowest BCUT2D eigenvalue weighted by Gasteiger charge is -2.60. The van der Waals surface area contributed by atoms with E-state index in [2.05, 4.69) is 49.4 Å². The number of likely N-dealkylation sites (N-methyl/N-ethyl adjacent to an activating group) is 1. The van der Waals surface area contributed by atoms with Gasteiger partial charge in [0.2, 0.25) is 6.79 Å². The number of carbonyl (C=O) groups excluding carboxylic acids is 1. The van der Waals surface area contributed by atoms with Crippen molar-refractivity contribution in [1.29, 1.82) is 5.26 Å². The van der Waals surface area contributed by atoms with E-state index in [1.54, 1.807) is 7.11 Å². The van der Waals surface area contributed by atoms with Gasteiger partial charge in [0.15, 0.2) is 18.3 Å². The van der Waals surface area contributed by atoms with E-state index in [1.807, 2.05) is 6.92 Å². The lowest BCUT2D eigenvalue weighted by Crippen LogP contribution is -2.68. The van der Waals surface area contributed by atoms with Gasteiger partial charge >= 0.3 is 6.16 Å². The summed E-state index contributed by atoms with van der Waals surface area (Å²) < 4.78 is 34.6. The van der Waals surface area contributed by atoms with Crippen molar-refractivity contribution in [2.24, 2.45) is 5.73 Å². The molecule has 0 aromatic heterocycles. The van der Waals surface area contributed by atoms with Gasteiger partial charge < -0.3 is 34.2 Å². The van der Waals surface area contributed by atoms with Crippen LogP contribution in [0.25, 0.3) is 0 Å². The first-order chi connectivity index (χ1) is 20.8. The molecule has 2 N–H and O–H groups in total. The maximum atomic E-state index is 12.8. The quantitative estimate of drug-likeness (QED) is 0.219. The first-order valence-electron chi connectivity index (χ1n) is 14.5. The SMILES string of the molecule is C=CCOC(=O)Oc1c(C)c2c(c3c1CC1[C@H]4c5c(cc(C)c(C)c5OCOC)C[C@H]([C@H](C#N)N1[C@H]3CN)N4C)OCO2. The predicted octanol–water partition coefficient (Wildman–Crippen LogP) is 3.75. The number of hydrogen-bond donors (Lipinski definition) is 1. The van der Waals surface area contributed by atoms with Crippen molar-refractivity contribution in [2.75, 3.05) is 40.9 Å². The zero-order valence-electron chi connectivity index (χ0n) is 25.3. The van der Waals surface area contributed by atoms with Gasteiger partial charge in [-0.15, -0.1) is 0 Å². The van der Waals surface area contributed by atoms with Crippen LogP contribution in [0.5, 0.6) is 23.0 Å². The smallest absolute Gasteiger partial charge is 0.467 e. The molecule has 11 heteroatoms. The molecular weight excluding hydrogens is 552 g/mol. The molecule has 4 aliphatic rings. The molecule has 2 bridgehead atoms. The molecule has 4 heterocycles. The zero-order valence-corrected chi connectivity index (χ0v) is 25.3. The summed E-state index contributed by atoms with van der Waals surface area (Å²) >= 11 is 0. The third kappa shape index (κ3) is 4.43. The van der Waals surface area contributed by atoms with E-state index >= 15 is 0 Å². The molecule has 0 radical (unpaired) electrons. The fourth-order valence-corrected chi connectivity index (χ4v) is 7.59. The normalized spacial score (nSPS) is 25.2. The molecule has 11 nitrogen and oxygen atoms in total. The monoisotopic (exact) mass is 590 g/mol. The van der Waals surface area contributed by atoms with Crippen molar-refractivity contribution in [3.8, 4) is 29.1 Å². The van der Waals surface area contributed by atoms with Crippen LogP contribution in [0.15, 0.2) is 18.7 Å². The lowest BCUT2D eigenvalue weighted by molar-refractivity contribution is -0.0718. The number of nitriles is 1. The molecule has 0 saturated carbocycles. The number of methoxy groups -OCH3 is 1. The first kappa shape index (κ1) is 29.3. The number of nitrogens with two attached hydrogens (primary N) is 1.